The number of amides is 1. The van der Waals surface area contributed by atoms with Crippen molar-refractivity contribution in [1.29, 1.82) is 0 Å². The van der Waals surface area contributed by atoms with Crippen LogP contribution in [-0.4, -0.2) is 33.9 Å². The largest absolute Gasteiger partial charge is 0.438 e. The van der Waals surface area contributed by atoms with E-state index in [-0.39, 0.29) is 5.91 Å². The lowest BCUT2D eigenvalue weighted by Gasteiger charge is -2.17. The summed E-state index contributed by atoms with van der Waals surface area (Å²) in [5, 5.41) is 3.73. The molecule has 1 N–H and O–H groups in total. The molecule has 0 unspecified atom stereocenters. The topological polar surface area (TPSA) is 67.3 Å². The summed E-state index contributed by atoms with van der Waals surface area (Å²) in [4.78, 5) is 25.2. The molecule has 0 saturated carbocycles. The van der Waals surface area contributed by atoms with Crippen molar-refractivity contribution >= 4 is 33.1 Å². The third-order valence-electron chi connectivity index (χ3n) is 4.69. The quantitative estimate of drug-likeness (QED) is 0.613. The van der Waals surface area contributed by atoms with Crippen molar-refractivity contribution in [2.45, 2.75) is 41.2 Å². The second-order valence-corrected chi connectivity index (χ2v) is 7.88. The average molecular weight is 399 g/mol. The number of carbonyl (C=O) groups is 1. The minimum atomic E-state index is -0.100. The number of fused-ring (bicyclic) bond motifs is 1. The molecule has 2 heterocycles. The fourth-order valence-electron chi connectivity index (χ4n) is 2.97. The molecule has 3 rings (SSSR count). The summed E-state index contributed by atoms with van der Waals surface area (Å²) in [6.07, 6.45) is 0. The molecule has 0 fully saturated rings. The zero-order chi connectivity index (χ0) is 20.3. The lowest BCUT2D eigenvalue weighted by molar-refractivity contribution is -0.114. The van der Waals surface area contributed by atoms with E-state index in [1.807, 2.05) is 24.3 Å². The molecule has 7 heteroatoms. The number of rotatable bonds is 7. The van der Waals surface area contributed by atoms with E-state index < -0.39 is 0 Å². The summed E-state index contributed by atoms with van der Waals surface area (Å²) in [7, 11) is 0. The van der Waals surface area contributed by atoms with Gasteiger partial charge >= 0.3 is 0 Å². The van der Waals surface area contributed by atoms with Crippen LogP contribution in [0, 0.1) is 13.8 Å². The number of nitrogens with one attached hydrogen (secondary N) is 1. The summed E-state index contributed by atoms with van der Waals surface area (Å²) in [6, 6.07) is 7.30. The molecule has 1 aromatic carbocycles. The fourth-order valence-corrected chi connectivity index (χ4v) is 4.01. The smallest absolute Gasteiger partial charge is 0.231 e. The van der Waals surface area contributed by atoms with Crippen LogP contribution in [0.1, 0.15) is 37.0 Å². The Bertz CT molecular complexity index is 978. The van der Waals surface area contributed by atoms with Gasteiger partial charge in [-0.3, -0.25) is 9.69 Å². The van der Waals surface area contributed by atoms with Gasteiger partial charge in [-0.2, -0.15) is 4.98 Å². The highest BCUT2D eigenvalue weighted by Gasteiger charge is 2.17. The van der Waals surface area contributed by atoms with Crippen LogP contribution in [0.25, 0.3) is 10.2 Å². The van der Waals surface area contributed by atoms with Crippen LogP contribution < -0.4 is 10.1 Å². The van der Waals surface area contributed by atoms with Crippen LogP contribution in [-0.2, 0) is 11.3 Å². The molecule has 0 aliphatic rings. The van der Waals surface area contributed by atoms with Gasteiger partial charge in [-0.1, -0.05) is 13.8 Å². The summed E-state index contributed by atoms with van der Waals surface area (Å²) >= 11 is 1.67. The third kappa shape index (κ3) is 4.48. The van der Waals surface area contributed by atoms with Gasteiger partial charge in [-0.15, -0.1) is 11.3 Å². The van der Waals surface area contributed by atoms with Crippen molar-refractivity contribution in [3.63, 3.8) is 0 Å². The van der Waals surface area contributed by atoms with E-state index in [1.54, 1.807) is 11.3 Å². The van der Waals surface area contributed by atoms with Crippen LogP contribution in [0.5, 0.6) is 11.6 Å². The highest BCUT2D eigenvalue weighted by molar-refractivity contribution is 7.18. The van der Waals surface area contributed by atoms with Gasteiger partial charge in [0.2, 0.25) is 11.8 Å². The van der Waals surface area contributed by atoms with Crippen LogP contribution >= 0.6 is 11.3 Å². The van der Waals surface area contributed by atoms with Crippen LogP contribution in [0.2, 0.25) is 0 Å². The monoisotopic (exact) mass is 398 g/mol. The Morgan fingerprint density at radius 1 is 1.14 bits per heavy atom. The van der Waals surface area contributed by atoms with Gasteiger partial charge in [-0.25, -0.2) is 4.98 Å². The van der Waals surface area contributed by atoms with E-state index in [0.717, 1.165) is 40.4 Å². The second-order valence-electron chi connectivity index (χ2n) is 6.68. The van der Waals surface area contributed by atoms with E-state index in [1.165, 1.54) is 11.8 Å². The Labute approximate surface area is 169 Å². The van der Waals surface area contributed by atoms with Crippen molar-refractivity contribution < 1.29 is 9.53 Å². The number of hydrogen-bond acceptors (Lipinski definition) is 6. The first kappa shape index (κ1) is 20.2. The van der Waals surface area contributed by atoms with Crippen LogP contribution in [0.15, 0.2) is 24.3 Å². The van der Waals surface area contributed by atoms with Gasteiger partial charge in [0, 0.05) is 17.5 Å². The maximum atomic E-state index is 11.2. The minimum absolute atomic E-state index is 0.100. The normalized spacial score (nSPS) is 11.2. The highest BCUT2D eigenvalue weighted by Crippen LogP contribution is 2.36. The van der Waals surface area contributed by atoms with E-state index >= 15 is 0 Å². The van der Waals surface area contributed by atoms with Crippen molar-refractivity contribution in [2.24, 2.45) is 0 Å². The molecule has 6 nitrogen and oxygen atoms in total. The molecule has 0 radical (unpaired) electrons. The molecule has 148 valence electrons. The van der Waals surface area contributed by atoms with Gasteiger partial charge in [0.1, 0.15) is 16.4 Å². The van der Waals surface area contributed by atoms with Gasteiger partial charge in [-0.05, 0) is 56.8 Å². The molecule has 1 amide bonds. The average Bonchev–Trinajstić information content (AvgIpc) is 2.95. The molecule has 0 saturated heterocycles. The van der Waals surface area contributed by atoms with Crippen molar-refractivity contribution in [1.82, 2.24) is 14.9 Å². The molecular weight excluding hydrogens is 372 g/mol. The summed E-state index contributed by atoms with van der Waals surface area (Å²) in [5.41, 5.74) is 1.89. The first-order valence-corrected chi connectivity index (χ1v) is 10.3. The standard InChI is InChI=1S/C21H26N4O2S/c1-6-25(7-2)12-18-23-20(19-13(3)14(4)28-21(19)24-18)27-17-10-8-16(9-11-17)22-15(5)26/h8-11H,6-7,12H2,1-5H3,(H,22,26). The summed E-state index contributed by atoms with van der Waals surface area (Å²) in [6.45, 7) is 12.5. The number of anilines is 1. The molecular formula is C21H26N4O2S. The van der Waals surface area contributed by atoms with E-state index in [2.05, 4.69) is 37.9 Å². The van der Waals surface area contributed by atoms with E-state index in [9.17, 15) is 4.79 Å². The third-order valence-corrected chi connectivity index (χ3v) is 5.79. The Hall–Kier alpha value is -2.51. The highest BCUT2D eigenvalue weighted by atomic mass is 32.1. The zero-order valence-corrected chi connectivity index (χ0v) is 17.8. The molecule has 0 atom stereocenters. The van der Waals surface area contributed by atoms with Crippen LogP contribution in [0.3, 0.4) is 0 Å². The first-order chi connectivity index (χ1) is 13.4. The van der Waals surface area contributed by atoms with Crippen molar-refractivity contribution in [3.05, 3.63) is 40.5 Å². The van der Waals surface area contributed by atoms with Gasteiger partial charge in [0.05, 0.1) is 11.9 Å². The lowest BCUT2D eigenvalue weighted by Crippen LogP contribution is -2.23. The predicted molar refractivity (Wildman–Crippen MR) is 114 cm³/mol. The number of aryl methyl sites for hydroxylation is 2. The van der Waals surface area contributed by atoms with E-state index in [0.29, 0.717) is 18.2 Å². The number of aromatic nitrogens is 2. The van der Waals surface area contributed by atoms with Gasteiger partial charge in [0.15, 0.2) is 0 Å². The van der Waals surface area contributed by atoms with E-state index in [4.69, 9.17) is 14.7 Å². The molecule has 2 aromatic heterocycles. The fraction of sp³-hybridized carbons (Fsp3) is 0.381. The van der Waals surface area contributed by atoms with Crippen molar-refractivity contribution in [2.75, 3.05) is 18.4 Å². The Kier molecular flexibility index (Phi) is 6.26. The molecule has 0 aliphatic heterocycles. The first-order valence-electron chi connectivity index (χ1n) is 9.45. The maximum absolute atomic E-state index is 11.2. The Balaban J connectivity index is 1.96. The molecule has 3 aromatic rings. The SMILES string of the molecule is CCN(CC)Cc1nc(Oc2ccc(NC(C)=O)cc2)c2c(C)c(C)sc2n1. The van der Waals surface area contributed by atoms with Crippen molar-refractivity contribution in [3.8, 4) is 11.6 Å². The molecule has 0 bridgehead atoms. The van der Waals surface area contributed by atoms with Crippen LogP contribution in [0.4, 0.5) is 5.69 Å². The number of carbonyl (C=O) groups excluding carboxylic acids is 1. The number of nitrogens with zero attached hydrogens (tertiary/aromatic N) is 3. The Morgan fingerprint density at radius 3 is 2.43 bits per heavy atom. The number of hydrogen-bond donors (Lipinski definition) is 1. The summed E-state index contributed by atoms with van der Waals surface area (Å²) < 4.78 is 6.16. The van der Waals surface area contributed by atoms with Gasteiger partial charge in [0.25, 0.3) is 0 Å². The molecule has 0 spiro atoms. The number of benzene rings is 1. The zero-order valence-electron chi connectivity index (χ0n) is 17.0. The van der Waals surface area contributed by atoms with Gasteiger partial charge < -0.3 is 10.1 Å². The molecule has 0 aliphatic carbocycles. The molecule has 28 heavy (non-hydrogen) atoms. The Morgan fingerprint density at radius 2 is 1.82 bits per heavy atom. The second kappa shape index (κ2) is 8.67. The maximum Gasteiger partial charge on any atom is 0.231 e. The number of ether oxygens (including phenoxy) is 1. The predicted octanol–water partition coefficient (Wildman–Crippen LogP) is 4.90. The summed E-state index contributed by atoms with van der Waals surface area (Å²) in [5.74, 6) is 1.92. The minimum Gasteiger partial charge on any atom is -0.438 e. The number of thiophene rings is 1. The lowest BCUT2D eigenvalue weighted by atomic mass is 10.2.